The molecule has 1 unspecified atom stereocenters. The van der Waals surface area contributed by atoms with Crippen molar-refractivity contribution < 1.29 is 4.74 Å². The fourth-order valence-electron chi connectivity index (χ4n) is 0.882. The summed E-state index contributed by atoms with van der Waals surface area (Å²) in [6, 6.07) is 0.310. The lowest BCUT2D eigenvalue weighted by atomic mass is 10.3. The van der Waals surface area contributed by atoms with Crippen LogP contribution in [0.15, 0.2) is 3.92 Å². The Bertz CT molecular complexity index is 268. The summed E-state index contributed by atoms with van der Waals surface area (Å²) in [5, 5.41) is 8.79. The smallest absolute Gasteiger partial charge is 0.209 e. The van der Waals surface area contributed by atoms with E-state index >= 15 is 0 Å². The van der Waals surface area contributed by atoms with Gasteiger partial charge in [0.15, 0.2) is 3.92 Å². The molecule has 0 amide bonds. The number of aromatic nitrogens is 2. The molecule has 0 saturated heterocycles. The van der Waals surface area contributed by atoms with Crippen molar-refractivity contribution in [3.05, 3.63) is 3.92 Å². The fraction of sp³-hybridized carbons (Fsp3) is 0.714. The third-order valence-corrected chi connectivity index (χ3v) is 3.21. The van der Waals surface area contributed by atoms with Crippen molar-refractivity contribution in [1.82, 2.24) is 10.2 Å². The maximum atomic E-state index is 5.06. The molecule has 1 aromatic heterocycles. The molecule has 0 radical (unpaired) electrons. The zero-order valence-electron chi connectivity index (χ0n) is 7.82. The van der Waals surface area contributed by atoms with Crippen LogP contribution in [0.3, 0.4) is 0 Å². The lowest BCUT2D eigenvalue weighted by Crippen LogP contribution is -2.32. The maximum Gasteiger partial charge on any atom is 0.209 e. The van der Waals surface area contributed by atoms with Crippen molar-refractivity contribution >= 4 is 32.4 Å². The van der Waals surface area contributed by atoms with Crippen LogP contribution in [0.2, 0.25) is 0 Å². The van der Waals surface area contributed by atoms with Gasteiger partial charge in [-0.3, -0.25) is 0 Å². The van der Waals surface area contributed by atoms with Gasteiger partial charge in [-0.05, 0) is 22.9 Å². The van der Waals surface area contributed by atoms with E-state index in [1.165, 1.54) is 11.3 Å². The van der Waals surface area contributed by atoms with Crippen LogP contribution in [0.5, 0.6) is 0 Å². The zero-order valence-corrected chi connectivity index (χ0v) is 10.2. The Kier molecular flexibility index (Phi) is 4.08. The first kappa shape index (κ1) is 10.9. The monoisotopic (exact) mass is 265 g/mol. The van der Waals surface area contributed by atoms with Gasteiger partial charge in [0.25, 0.3) is 0 Å². The van der Waals surface area contributed by atoms with Gasteiger partial charge in [-0.15, -0.1) is 10.2 Å². The van der Waals surface area contributed by atoms with E-state index in [4.69, 9.17) is 4.74 Å². The van der Waals surface area contributed by atoms with Crippen molar-refractivity contribution in [2.45, 2.75) is 13.0 Å². The third kappa shape index (κ3) is 2.89. The van der Waals surface area contributed by atoms with Gasteiger partial charge < -0.3 is 9.64 Å². The molecular weight excluding hydrogens is 254 g/mol. The Morgan fingerprint density at radius 3 is 2.77 bits per heavy atom. The Balaban J connectivity index is 2.61. The normalized spacial score (nSPS) is 12.9. The van der Waals surface area contributed by atoms with E-state index in [1.807, 2.05) is 11.9 Å². The molecule has 0 aliphatic carbocycles. The Hall–Kier alpha value is -0.200. The molecule has 0 spiro atoms. The molecule has 1 aromatic rings. The molecule has 0 aromatic carbocycles. The summed E-state index contributed by atoms with van der Waals surface area (Å²) in [7, 11) is 3.68. The van der Waals surface area contributed by atoms with Crippen molar-refractivity contribution in [3.8, 4) is 0 Å². The second-order valence-electron chi connectivity index (χ2n) is 2.75. The molecule has 0 aliphatic heterocycles. The van der Waals surface area contributed by atoms with Gasteiger partial charge in [0.1, 0.15) is 0 Å². The molecule has 74 valence electrons. The van der Waals surface area contributed by atoms with Crippen LogP contribution < -0.4 is 4.90 Å². The van der Waals surface area contributed by atoms with E-state index in [-0.39, 0.29) is 0 Å². The summed E-state index contributed by atoms with van der Waals surface area (Å²) >= 11 is 4.79. The highest BCUT2D eigenvalue weighted by Crippen LogP contribution is 2.24. The van der Waals surface area contributed by atoms with Gasteiger partial charge in [0, 0.05) is 14.2 Å². The van der Waals surface area contributed by atoms with Gasteiger partial charge in [-0.2, -0.15) is 0 Å². The third-order valence-electron chi connectivity index (χ3n) is 1.76. The predicted molar refractivity (Wildman–Crippen MR) is 57.4 cm³/mol. The number of rotatable bonds is 4. The molecule has 13 heavy (non-hydrogen) atoms. The average molecular weight is 266 g/mol. The molecule has 1 heterocycles. The highest BCUT2D eigenvalue weighted by atomic mass is 79.9. The van der Waals surface area contributed by atoms with E-state index in [0.29, 0.717) is 12.6 Å². The molecule has 0 fully saturated rings. The number of methoxy groups -OCH3 is 1. The highest BCUT2D eigenvalue weighted by molar-refractivity contribution is 9.11. The molecule has 0 bridgehead atoms. The van der Waals surface area contributed by atoms with Gasteiger partial charge in [-0.25, -0.2) is 0 Å². The summed E-state index contributed by atoms with van der Waals surface area (Å²) in [6.07, 6.45) is 0. The van der Waals surface area contributed by atoms with Crippen molar-refractivity contribution in [2.24, 2.45) is 0 Å². The maximum absolute atomic E-state index is 5.06. The number of halogens is 1. The second kappa shape index (κ2) is 4.88. The SMILES string of the molecule is COCC(C)N(C)c1nnc(Br)s1. The summed E-state index contributed by atoms with van der Waals surface area (Å²) < 4.78 is 5.86. The predicted octanol–water partition coefficient (Wildman–Crippen LogP) is 1.77. The molecule has 0 aliphatic rings. The van der Waals surface area contributed by atoms with E-state index < -0.39 is 0 Å². The lowest BCUT2D eigenvalue weighted by molar-refractivity contribution is 0.183. The number of hydrogen-bond acceptors (Lipinski definition) is 5. The second-order valence-corrected chi connectivity index (χ2v) is 4.98. The standard InChI is InChI=1S/C7H12BrN3OS/c1-5(4-12-3)11(2)7-10-9-6(8)13-7/h5H,4H2,1-3H3. The minimum absolute atomic E-state index is 0.310. The topological polar surface area (TPSA) is 38.2 Å². The van der Waals surface area contributed by atoms with Gasteiger partial charge >= 0.3 is 0 Å². The summed E-state index contributed by atoms with van der Waals surface area (Å²) in [6.45, 7) is 2.77. The van der Waals surface area contributed by atoms with Gasteiger partial charge in [0.05, 0.1) is 12.6 Å². The van der Waals surface area contributed by atoms with Gasteiger partial charge in [-0.1, -0.05) is 11.3 Å². The number of nitrogens with zero attached hydrogens (tertiary/aromatic N) is 3. The zero-order chi connectivity index (χ0) is 9.84. The summed E-state index contributed by atoms with van der Waals surface area (Å²) in [5.74, 6) is 0. The van der Waals surface area contributed by atoms with Crippen LogP contribution >= 0.6 is 27.3 Å². The van der Waals surface area contributed by atoms with E-state index in [0.717, 1.165) is 9.05 Å². The molecule has 6 heteroatoms. The summed E-state index contributed by atoms with van der Waals surface area (Å²) in [4.78, 5) is 2.05. The first-order valence-corrected chi connectivity index (χ1v) is 5.47. The average Bonchev–Trinajstić information content (AvgIpc) is 2.51. The molecule has 1 rings (SSSR count). The highest BCUT2D eigenvalue weighted by Gasteiger charge is 2.13. The minimum atomic E-state index is 0.310. The molecule has 4 nitrogen and oxygen atoms in total. The van der Waals surface area contributed by atoms with Crippen LogP contribution in [0.4, 0.5) is 5.13 Å². The van der Waals surface area contributed by atoms with Crippen LogP contribution in [0.25, 0.3) is 0 Å². The Labute approximate surface area is 90.0 Å². The van der Waals surface area contributed by atoms with Crippen molar-refractivity contribution in [3.63, 3.8) is 0 Å². The molecular formula is C7H12BrN3OS. The van der Waals surface area contributed by atoms with E-state index in [2.05, 4.69) is 33.1 Å². The van der Waals surface area contributed by atoms with E-state index in [9.17, 15) is 0 Å². The van der Waals surface area contributed by atoms with Crippen molar-refractivity contribution in [1.29, 1.82) is 0 Å². The molecule has 1 atom stereocenters. The van der Waals surface area contributed by atoms with Crippen LogP contribution in [0.1, 0.15) is 6.92 Å². The minimum Gasteiger partial charge on any atom is -0.383 e. The van der Waals surface area contributed by atoms with Gasteiger partial charge in [0.2, 0.25) is 5.13 Å². The molecule has 0 saturated carbocycles. The number of ether oxygens (including phenoxy) is 1. The van der Waals surface area contributed by atoms with Crippen LogP contribution in [-0.4, -0.2) is 37.0 Å². The first-order valence-electron chi connectivity index (χ1n) is 3.86. The first-order chi connectivity index (χ1) is 6.15. The van der Waals surface area contributed by atoms with Crippen LogP contribution in [-0.2, 0) is 4.74 Å². The molecule has 0 N–H and O–H groups in total. The Morgan fingerprint density at radius 2 is 2.31 bits per heavy atom. The van der Waals surface area contributed by atoms with Crippen molar-refractivity contribution in [2.75, 3.05) is 25.7 Å². The summed E-state index contributed by atoms with van der Waals surface area (Å²) in [5.41, 5.74) is 0. The van der Waals surface area contributed by atoms with E-state index in [1.54, 1.807) is 7.11 Å². The quantitative estimate of drug-likeness (QED) is 0.832. The Morgan fingerprint density at radius 1 is 1.62 bits per heavy atom. The largest absolute Gasteiger partial charge is 0.383 e. The number of likely N-dealkylation sites (N-methyl/N-ethyl adjacent to an activating group) is 1. The fourth-order valence-corrected chi connectivity index (χ4v) is 2.03. The number of anilines is 1. The number of hydrogen-bond donors (Lipinski definition) is 0. The lowest BCUT2D eigenvalue weighted by Gasteiger charge is -2.22. The van der Waals surface area contributed by atoms with Crippen LogP contribution in [0, 0.1) is 0 Å².